The smallest absolute Gasteiger partial charge is 0.282 e. The van der Waals surface area contributed by atoms with Crippen LogP contribution in [0.15, 0.2) is 36.4 Å². The number of nitro groups is 1. The molecule has 2 aromatic rings. The zero-order chi connectivity index (χ0) is 19.3. The van der Waals surface area contributed by atoms with Crippen molar-refractivity contribution in [2.24, 2.45) is 5.92 Å². The Labute approximate surface area is 155 Å². The second kappa shape index (κ2) is 8.62. The molecule has 138 valence electrons. The van der Waals surface area contributed by atoms with Crippen molar-refractivity contribution in [3.05, 3.63) is 62.9 Å². The first-order valence-corrected chi connectivity index (χ1v) is 8.34. The summed E-state index contributed by atoms with van der Waals surface area (Å²) in [4.78, 5) is 22.7. The summed E-state index contributed by atoms with van der Waals surface area (Å²) in [7, 11) is 0. The van der Waals surface area contributed by atoms with E-state index >= 15 is 0 Å². The van der Waals surface area contributed by atoms with E-state index in [9.17, 15) is 19.3 Å². The molecule has 2 rings (SSSR count). The maximum absolute atomic E-state index is 14.1. The number of anilines is 1. The average Bonchev–Trinajstić information content (AvgIpc) is 2.58. The van der Waals surface area contributed by atoms with Gasteiger partial charge in [0.2, 0.25) is 0 Å². The zero-order valence-corrected chi connectivity index (χ0v) is 15.0. The molecule has 1 N–H and O–H groups in total. The lowest BCUT2D eigenvalue weighted by atomic mass is 10.1. The number of nitro benzene ring substituents is 1. The fourth-order valence-corrected chi connectivity index (χ4v) is 2.36. The van der Waals surface area contributed by atoms with E-state index in [0.717, 1.165) is 12.5 Å². The number of benzene rings is 2. The summed E-state index contributed by atoms with van der Waals surface area (Å²) >= 11 is 5.97. The van der Waals surface area contributed by atoms with Gasteiger partial charge in [-0.15, -0.1) is 0 Å². The molecule has 8 heteroatoms. The molecule has 1 amide bonds. The molecule has 0 spiro atoms. The Balaban J connectivity index is 2.23. The van der Waals surface area contributed by atoms with Crippen LogP contribution in [0.2, 0.25) is 5.02 Å². The highest BCUT2D eigenvalue weighted by molar-refractivity contribution is 6.32. The fourth-order valence-electron chi connectivity index (χ4n) is 2.15. The molecular formula is C18H18ClFN2O4. The van der Waals surface area contributed by atoms with Crippen molar-refractivity contribution >= 4 is 28.9 Å². The Hall–Kier alpha value is -2.67. The Morgan fingerprint density at radius 3 is 2.69 bits per heavy atom. The van der Waals surface area contributed by atoms with E-state index in [-0.39, 0.29) is 27.7 Å². The van der Waals surface area contributed by atoms with Crippen molar-refractivity contribution in [1.29, 1.82) is 0 Å². The molecule has 0 fully saturated rings. The van der Waals surface area contributed by atoms with Gasteiger partial charge in [-0.3, -0.25) is 14.9 Å². The molecule has 0 radical (unpaired) electrons. The molecule has 0 bridgehead atoms. The molecule has 0 heterocycles. The summed E-state index contributed by atoms with van der Waals surface area (Å²) in [6, 6.07) is 7.72. The second-order valence-corrected chi connectivity index (χ2v) is 6.43. The highest BCUT2D eigenvalue weighted by Gasteiger charge is 2.21. The third-order valence-corrected chi connectivity index (χ3v) is 3.86. The maximum Gasteiger partial charge on any atom is 0.282 e. The summed E-state index contributed by atoms with van der Waals surface area (Å²) in [6.45, 7) is 4.46. The Bertz CT molecular complexity index is 827. The molecule has 0 aliphatic carbocycles. The Kier molecular flexibility index (Phi) is 6.52. The van der Waals surface area contributed by atoms with Gasteiger partial charge in [-0.1, -0.05) is 37.6 Å². The largest absolute Gasteiger partial charge is 0.492 e. The lowest BCUT2D eigenvalue weighted by Gasteiger charge is -2.13. The number of para-hydroxylation sites is 1. The minimum Gasteiger partial charge on any atom is -0.492 e. The lowest BCUT2D eigenvalue weighted by Crippen LogP contribution is -2.15. The van der Waals surface area contributed by atoms with Crippen LogP contribution < -0.4 is 10.1 Å². The van der Waals surface area contributed by atoms with E-state index in [1.165, 1.54) is 30.3 Å². The van der Waals surface area contributed by atoms with Gasteiger partial charge < -0.3 is 10.1 Å². The van der Waals surface area contributed by atoms with E-state index in [0.29, 0.717) is 12.5 Å². The van der Waals surface area contributed by atoms with Gasteiger partial charge >= 0.3 is 0 Å². The van der Waals surface area contributed by atoms with Crippen molar-refractivity contribution in [1.82, 2.24) is 0 Å². The van der Waals surface area contributed by atoms with E-state index in [1.54, 1.807) is 0 Å². The summed E-state index contributed by atoms with van der Waals surface area (Å²) in [5.41, 5.74) is -0.709. The highest BCUT2D eigenvalue weighted by Crippen LogP contribution is 2.31. The number of amides is 1. The lowest BCUT2D eigenvalue weighted by molar-refractivity contribution is -0.385. The monoisotopic (exact) mass is 380 g/mol. The van der Waals surface area contributed by atoms with Gasteiger partial charge in [0.1, 0.15) is 17.1 Å². The van der Waals surface area contributed by atoms with Gasteiger partial charge in [-0.25, -0.2) is 4.39 Å². The molecule has 0 atom stereocenters. The van der Waals surface area contributed by atoms with Crippen LogP contribution in [-0.4, -0.2) is 17.4 Å². The summed E-state index contributed by atoms with van der Waals surface area (Å²) < 4.78 is 19.7. The van der Waals surface area contributed by atoms with Crippen LogP contribution in [0.25, 0.3) is 0 Å². The normalized spacial score (nSPS) is 10.7. The van der Waals surface area contributed by atoms with Crippen LogP contribution in [0.3, 0.4) is 0 Å². The molecule has 0 unspecified atom stereocenters. The number of hydrogen-bond donors (Lipinski definition) is 1. The van der Waals surface area contributed by atoms with Crippen LogP contribution in [0, 0.1) is 21.8 Å². The third kappa shape index (κ3) is 4.92. The topological polar surface area (TPSA) is 81.5 Å². The number of halogens is 2. The first-order chi connectivity index (χ1) is 12.3. The number of rotatable bonds is 7. The minimum atomic E-state index is -0.799. The van der Waals surface area contributed by atoms with Gasteiger partial charge in [0.15, 0.2) is 0 Å². The zero-order valence-electron chi connectivity index (χ0n) is 14.3. The average molecular weight is 381 g/mol. The Morgan fingerprint density at radius 1 is 1.35 bits per heavy atom. The van der Waals surface area contributed by atoms with Gasteiger partial charge in [0.05, 0.1) is 22.2 Å². The van der Waals surface area contributed by atoms with E-state index in [2.05, 4.69) is 5.32 Å². The predicted octanol–water partition coefficient (Wildman–Crippen LogP) is 5.06. The number of nitrogens with zero attached hydrogens (tertiary/aromatic N) is 1. The second-order valence-electron chi connectivity index (χ2n) is 6.02. The number of ether oxygens (including phenoxy) is 1. The molecular weight excluding hydrogens is 363 g/mol. The van der Waals surface area contributed by atoms with Gasteiger partial charge in [0.25, 0.3) is 11.6 Å². The number of carbonyl (C=O) groups is 1. The van der Waals surface area contributed by atoms with E-state index < -0.39 is 16.6 Å². The SMILES string of the molecule is CC(C)CCOc1cc(NC(=O)c2ccccc2[N+](=O)[O-])c(F)cc1Cl. The van der Waals surface area contributed by atoms with Crippen LogP contribution in [0.1, 0.15) is 30.6 Å². The summed E-state index contributed by atoms with van der Waals surface area (Å²) in [5.74, 6) is -0.914. The molecule has 0 saturated heterocycles. The van der Waals surface area contributed by atoms with Crippen molar-refractivity contribution in [2.75, 3.05) is 11.9 Å². The molecule has 0 aliphatic rings. The Morgan fingerprint density at radius 2 is 2.04 bits per heavy atom. The predicted molar refractivity (Wildman–Crippen MR) is 97.4 cm³/mol. The molecule has 0 saturated carbocycles. The van der Waals surface area contributed by atoms with Crippen LogP contribution in [0.4, 0.5) is 15.8 Å². The fraction of sp³-hybridized carbons (Fsp3) is 0.278. The molecule has 26 heavy (non-hydrogen) atoms. The quantitative estimate of drug-likeness (QED) is 0.537. The highest BCUT2D eigenvalue weighted by atomic mass is 35.5. The van der Waals surface area contributed by atoms with Gasteiger partial charge in [0, 0.05) is 12.1 Å². The first-order valence-electron chi connectivity index (χ1n) is 7.96. The standard InChI is InChI=1S/C18H18ClFN2O4/c1-11(2)7-8-26-17-10-15(14(20)9-13(17)19)21-18(23)12-5-3-4-6-16(12)22(24)25/h3-6,9-11H,7-8H2,1-2H3,(H,21,23). The van der Waals surface area contributed by atoms with Crippen LogP contribution in [-0.2, 0) is 0 Å². The maximum atomic E-state index is 14.1. The number of hydrogen-bond acceptors (Lipinski definition) is 4. The third-order valence-electron chi connectivity index (χ3n) is 3.57. The molecule has 0 aliphatic heterocycles. The molecule has 0 aromatic heterocycles. The molecule has 2 aromatic carbocycles. The number of carbonyl (C=O) groups excluding carboxylic acids is 1. The van der Waals surface area contributed by atoms with Gasteiger partial charge in [-0.2, -0.15) is 0 Å². The van der Waals surface area contributed by atoms with Crippen molar-refractivity contribution < 1.29 is 18.8 Å². The minimum absolute atomic E-state index is 0.0787. The summed E-state index contributed by atoms with van der Waals surface area (Å²) in [5, 5.41) is 13.4. The number of nitrogens with one attached hydrogen (secondary N) is 1. The van der Waals surface area contributed by atoms with Crippen molar-refractivity contribution in [3.63, 3.8) is 0 Å². The van der Waals surface area contributed by atoms with Crippen LogP contribution in [0.5, 0.6) is 5.75 Å². The van der Waals surface area contributed by atoms with Crippen molar-refractivity contribution in [3.8, 4) is 5.75 Å². The van der Waals surface area contributed by atoms with Crippen LogP contribution >= 0.6 is 11.6 Å². The first kappa shape index (κ1) is 19.7. The molecule has 6 nitrogen and oxygen atoms in total. The van der Waals surface area contributed by atoms with Crippen molar-refractivity contribution in [2.45, 2.75) is 20.3 Å². The van der Waals surface area contributed by atoms with E-state index in [1.807, 2.05) is 13.8 Å². The van der Waals surface area contributed by atoms with E-state index in [4.69, 9.17) is 16.3 Å². The summed E-state index contributed by atoms with van der Waals surface area (Å²) in [6.07, 6.45) is 0.783. The van der Waals surface area contributed by atoms with Gasteiger partial charge in [-0.05, 0) is 24.5 Å².